The van der Waals surface area contributed by atoms with Crippen molar-refractivity contribution >= 4 is 23.0 Å². The summed E-state index contributed by atoms with van der Waals surface area (Å²) in [6.45, 7) is 3.57. The van der Waals surface area contributed by atoms with Crippen LogP contribution in [0.15, 0.2) is 42.9 Å². The Labute approximate surface area is 158 Å². The van der Waals surface area contributed by atoms with E-state index in [4.69, 9.17) is 0 Å². The number of carbonyl (C=O) groups is 2. The maximum absolute atomic E-state index is 11.9. The number of carbonyl (C=O) groups excluding carboxylic acids is 2. The predicted octanol–water partition coefficient (Wildman–Crippen LogP) is 4.16. The molecular formula is C22H23N3O2. The molecule has 1 aliphatic heterocycles. The van der Waals surface area contributed by atoms with Gasteiger partial charge in [0.2, 0.25) is 5.91 Å². The average molecular weight is 361 g/mol. The number of aromatic nitrogens is 2. The molecule has 27 heavy (non-hydrogen) atoms. The molecule has 0 radical (unpaired) electrons. The van der Waals surface area contributed by atoms with Crippen molar-refractivity contribution < 1.29 is 9.59 Å². The molecule has 0 saturated carbocycles. The van der Waals surface area contributed by atoms with E-state index in [1.807, 2.05) is 42.5 Å². The molecule has 0 atom stereocenters. The molecule has 1 saturated heterocycles. The third-order valence-electron chi connectivity index (χ3n) is 5.56. The van der Waals surface area contributed by atoms with Gasteiger partial charge in [0.25, 0.3) is 0 Å². The summed E-state index contributed by atoms with van der Waals surface area (Å²) in [5, 5.41) is 1.96. The minimum absolute atomic E-state index is 0.245. The van der Waals surface area contributed by atoms with Gasteiger partial charge in [-0.1, -0.05) is 19.1 Å². The SMILES string of the molecule is CCC(=O)N1CCC(c2cncc(-c3ccc4c(C=O)[nH]cc4c3)c2)CC1. The third kappa shape index (κ3) is 3.37. The van der Waals surface area contributed by atoms with Gasteiger partial charge in [-0.25, -0.2) is 0 Å². The zero-order chi connectivity index (χ0) is 18.8. The number of aldehydes is 1. The van der Waals surface area contributed by atoms with Gasteiger partial charge in [0.15, 0.2) is 6.29 Å². The van der Waals surface area contributed by atoms with Crippen LogP contribution in [0.5, 0.6) is 0 Å². The van der Waals surface area contributed by atoms with Crippen molar-refractivity contribution in [1.82, 2.24) is 14.9 Å². The molecule has 138 valence electrons. The first kappa shape index (κ1) is 17.5. The summed E-state index contributed by atoms with van der Waals surface area (Å²) < 4.78 is 0. The number of amides is 1. The fraction of sp³-hybridized carbons (Fsp3) is 0.318. The number of aromatic amines is 1. The summed E-state index contributed by atoms with van der Waals surface area (Å²) in [7, 11) is 0. The molecule has 1 fully saturated rings. The molecule has 2 aromatic heterocycles. The van der Waals surface area contributed by atoms with E-state index in [-0.39, 0.29) is 5.91 Å². The third-order valence-corrected chi connectivity index (χ3v) is 5.56. The number of nitrogens with one attached hydrogen (secondary N) is 1. The zero-order valence-corrected chi connectivity index (χ0v) is 15.4. The van der Waals surface area contributed by atoms with Crippen LogP contribution in [0.4, 0.5) is 0 Å². The van der Waals surface area contributed by atoms with Crippen LogP contribution in [0, 0.1) is 0 Å². The molecule has 3 heterocycles. The number of hydrogen-bond donors (Lipinski definition) is 1. The molecule has 0 bridgehead atoms. The van der Waals surface area contributed by atoms with Gasteiger partial charge < -0.3 is 9.88 Å². The van der Waals surface area contributed by atoms with Crippen LogP contribution in [0.1, 0.15) is 48.2 Å². The van der Waals surface area contributed by atoms with E-state index in [0.29, 0.717) is 18.0 Å². The van der Waals surface area contributed by atoms with E-state index >= 15 is 0 Å². The Bertz CT molecular complexity index is 984. The highest BCUT2D eigenvalue weighted by Gasteiger charge is 2.23. The van der Waals surface area contributed by atoms with Crippen molar-refractivity contribution in [1.29, 1.82) is 0 Å². The lowest BCUT2D eigenvalue weighted by Gasteiger charge is -2.32. The number of pyridine rings is 1. The van der Waals surface area contributed by atoms with Crippen LogP contribution in [-0.4, -0.2) is 40.2 Å². The van der Waals surface area contributed by atoms with Crippen molar-refractivity contribution in [2.24, 2.45) is 0 Å². The first-order valence-corrected chi connectivity index (χ1v) is 9.49. The van der Waals surface area contributed by atoms with E-state index in [0.717, 1.165) is 54.1 Å². The Hall–Kier alpha value is -2.95. The summed E-state index contributed by atoms with van der Waals surface area (Å²) in [5.41, 5.74) is 4.01. The zero-order valence-electron chi connectivity index (χ0n) is 15.4. The summed E-state index contributed by atoms with van der Waals surface area (Å²) in [5.74, 6) is 0.686. The Morgan fingerprint density at radius 3 is 2.78 bits per heavy atom. The molecule has 0 spiro atoms. The standard InChI is InChI=1S/C22H23N3O2/c1-2-22(27)25-7-5-15(6-8-25)17-10-18(12-23-11-17)16-3-4-20-19(9-16)13-24-21(20)14-26/h3-4,9-15,24H,2,5-8H2,1H3. The Morgan fingerprint density at radius 1 is 1.22 bits per heavy atom. The molecule has 3 aromatic rings. The van der Waals surface area contributed by atoms with Crippen molar-refractivity contribution in [3.8, 4) is 11.1 Å². The van der Waals surface area contributed by atoms with Gasteiger partial charge in [-0.3, -0.25) is 14.6 Å². The quantitative estimate of drug-likeness (QED) is 0.710. The first-order chi connectivity index (χ1) is 13.2. The van der Waals surface area contributed by atoms with Crippen LogP contribution in [0.3, 0.4) is 0 Å². The normalized spacial score (nSPS) is 15.2. The van der Waals surface area contributed by atoms with Crippen molar-refractivity contribution in [3.05, 3.63) is 54.1 Å². The summed E-state index contributed by atoms with van der Waals surface area (Å²) in [6.07, 6.45) is 9.08. The largest absolute Gasteiger partial charge is 0.358 e. The number of likely N-dealkylation sites (tertiary alicyclic amines) is 1. The fourth-order valence-electron chi connectivity index (χ4n) is 3.96. The molecule has 0 unspecified atom stereocenters. The van der Waals surface area contributed by atoms with E-state index in [1.54, 1.807) is 0 Å². The minimum Gasteiger partial charge on any atom is -0.358 e. The van der Waals surface area contributed by atoms with E-state index in [9.17, 15) is 9.59 Å². The second kappa shape index (κ2) is 7.35. The number of benzene rings is 1. The number of piperidine rings is 1. The molecule has 1 aromatic carbocycles. The van der Waals surface area contributed by atoms with Crippen molar-refractivity contribution in [3.63, 3.8) is 0 Å². The fourth-order valence-corrected chi connectivity index (χ4v) is 3.96. The highest BCUT2D eigenvalue weighted by molar-refractivity contribution is 5.98. The number of fused-ring (bicyclic) bond motifs is 1. The highest BCUT2D eigenvalue weighted by Crippen LogP contribution is 2.31. The lowest BCUT2D eigenvalue weighted by Crippen LogP contribution is -2.37. The number of hydrogen-bond acceptors (Lipinski definition) is 3. The lowest BCUT2D eigenvalue weighted by atomic mass is 9.89. The predicted molar refractivity (Wildman–Crippen MR) is 106 cm³/mol. The topological polar surface area (TPSA) is 66.1 Å². The van der Waals surface area contributed by atoms with Crippen LogP contribution in [0.25, 0.3) is 21.9 Å². The molecule has 1 aliphatic rings. The number of H-pyrrole nitrogens is 1. The van der Waals surface area contributed by atoms with Crippen LogP contribution in [0.2, 0.25) is 0 Å². The van der Waals surface area contributed by atoms with Gasteiger partial charge in [0, 0.05) is 54.4 Å². The maximum Gasteiger partial charge on any atom is 0.222 e. The maximum atomic E-state index is 11.9. The van der Waals surface area contributed by atoms with E-state index in [2.05, 4.69) is 22.1 Å². The highest BCUT2D eigenvalue weighted by atomic mass is 16.2. The summed E-state index contributed by atoms with van der Waals surface area (Å²) in [4.78, 5) is 32.4. The molecule has 5 heteroatoms. The molecule has 5 nitrogen and oxygen atoms in total. The lowest BCUT2D eigenvalue weighted by molar-refractivity contribution is -0.131. The van der Waals surface area contributed by atoms with Crippen molar-refractivity contribution in [2.75, 3.05) is 13.1 Å². The summed E-state index contributed by atoms with van der Waals surface area (Å²) in [6, 6.07) is 8.31. The second-order valence-electron chi connectivity index (χ2n) is 7.14. The monoisotopic (exact) mass is 361 g/mol. The van der Waals surface area contributed by atoms with Gasteiger partial charge >= 0.3 is 0 Å². The Kier molecular flexibility index (Phi) is 4.75. The molecule has 0 aliphatic carbocycles. The first-order valence-electron chi connectivity index (χ1n) is 9.49. The van der Waals surface area contributed by atoms with E-state index < -0.39 is 0 Å². The van der Waals surface area contributed by atoms with Gasteiger partial charge in [0.05, 0.1) is 5.69 Å². The molecule has 1 N–H and O–H groups in total. The number of nitrogens with zero attached hydrogens (tertiary/aromatic N) is 2. The average Bonchev–Trinajstić information content (AvgIpc) is 3.15. The Morgan fingerprint density at radius 2 is 2.04 bits per heavy atom. The van der Waals surface area contributed by atoms with Crippen LogP contribution in [-0.2, 0) is 4.79 Å². The minimum atomic E-state index is 0.245. The number of rotatable bonds is 4. The second-order valence-corrected chi connectivity index (χ2v) is 7.14. The van der Waals surface area contributed by atoms with Crippen molar-refractivity contribution in [2.45, 2.75) is 32.1 Å². The van der Waals surface area contributed by atoms with Crippen LogP contribution >= 0.6 is 0 Å². The van der Waals surface area contributed by atoms with Gasteiger partial charge in [-0.15, -0.1) is 0 Å². The van der Waals surface area contributed by atoms with Crippen LogP contribution < -0.4 is 0 Å². The van der Waals surface area contributed by atoms with Gasteiger partial charge in [0.1, 0.15) is 0 Å². The summed E-state index contributed by atoms with van der Waals surface area (Å²) >= 11 is 0. The van der Waals surface area contributed by atoms with E-state index in [1.165, 1.54) is 5.56 Å². The smallest absolute Gasteiger partial charge is 0.222 e. The molecule has 4 rings (SSSR count). The molecule has 1 amide bonds. The Balaban J connectivity index is 1.56. The molecular weight excluding hydrogens is 338 g/mol. The van der Waals surface area contributed by atoms with Gasteiger partial charge in [-0.05, 0) is 42.0 Å². The van der Waals surface area contributed by atoms with Gasteiger partial charge in [-0.2, -0.15) is 0 Å².